The van der Waals surface area contributed by atoms with Crippen LogP contribution in [0.1, 0.15) is 44.9 Å². The minimum atomic E-state index is -0.418. The zero-order valence-electron chi connectivity index (χ0n) is 14.6. The summed E-state index contributed by atoms with van der Waals surface area (Å²) in [6, 6.07) is 6.68. The van der Waals surface area contributed by atoms with E-state index < -0.39 is 5.91 Å². The second-order valence-electron chi connectivity index (χ2n) is 6.34. The smallest absolute Gasteiger partial charge is 0.276 e. The molecule has 1 aliphatic carbocycles. The fourth-order valence-corrected chi connectivity index (χ4v) is 3.16. The Bertz CT molecular complexity index is 619. The van der Waals surface area contributed by atoms with E-state index in [0.717, 1.165) is 6.42 Å². The van der Waals surface area contributed by atoms with Crippen LogP contribution in [0.5, 0.6) is 5.75 Å². The average molecular weight is 398 g/mol. The topological polar surface area (TPSA) is 79.5 Å². The lowest BCUT2D eigenvalue weighted by atomic mass is 9.86. The van der Waals surface area contributed by atoms with E-state index >= 15 is 0 Å². The molecule has 0 atom stereocenters. The second kappa shape index (κ2) is 11.0. The largest absolute Gasteiger partial charge is 0.484 e. The summed E-state index contributed by atoms with van der Waals surface area (Å²) >= 11 is 10.8. The fourth-order valence-electron chi connectivity index (χ4n) is 2.87. The highest BCUT2D eigenvalue weighted by Gasteiger charge is 2.15. The van der Waals surface area contributed by atoms with Crippen molar-refractivity contribution in [3.8, 4) is 5.75 Å². The summed E-state index contributed by atoms with van der Waals surface area (Å²) in [5.74, 6) is 0.613. The first-order valence-electron chi connectivity index (χ1n) is 8.80. The second-order valence-corrected chi connectivity index (χ2v) is 7.18. The van der Waals surface area contributed by atoms with Crippen LogP contribution in [0.25, 0.3) is 0 Å². The number of hydrogen-bond acceptors (Lipinski definition) is 4. The van der Waals surface area contributed by atoms with E-state index in [9.17, 15) is 9.59 Å². The first-order valence-corrected chi connectivity index (χ1v) is 9.58. The van der Waals surface area contributed by atoms with Crippen molar-refractivity contribution in [1.82, 2.24) is 16.2 Å². The summed E-state index contributed by atoms with van der Waals surface area (Å²) in [5, 5.41) is 3.22. The number of thiocarbonyl (C=S) groups is 1. The molecular weight excluding hydrogens is 374 g/mol. The van der Waals surface area contributed by atoms with E-state index in [1.54, 1.807) is 24.3 Å². The molecule has 0 radical (unpaired) electrons. The Morgan fingerprint density at radius 3 is 2.46 bits per heavy atom. The first-order chi connectivity index (χ1) is 12.5. The molecule has 142 valence electrons. The van der Waals surface area contributed by atoms with Gasteiger partial charge >= 0.3 is 0 Å². The molecule has 0 heterocycles. The van der Waals surface area contributed by atoms with Crippen LogP contribution in [0.15, 0.2) is 24.3 Å². The third-order valence-corrected chi connectivity index (χ3v) is 4.71. The van der Waals surface area contributed by atoms with Gasteiger partial charge in [-0.25, -0.2) is 0 Å². The summed E-state index contributed by atoms with van der Waals surface area (Å²) in [6.07, 6.45) is 7.57. The Kier molecular flexibility index (Phi) is 8.64. The van der Waals surface area contributed by atoms with Crippen molar-refractivity contribution in [3.05, 3.63) is 29.3 Å². The summed E-state index contributed by atoms with van der Waals surface area (Å²) in [5.41, 5.74) is 4.87. The predicted octanol–water partition coefficient (Wildman–Crippen LogP) is 3.10. The predicted molar refractivity (Wildman–Crippen MR) is 105 cm³/mol. The van der Waals surface area contributed by atoms with Gasteiger partial charge in [-0.1, -0.05) is 43.7 Å². The lowest BCUT2D eigenvalue weighted by molar-refractivity contribution is -0.124. The van der Waals surface area contributed by atoms with Crippen LogP contribution in [0.4, 0.5) is 0 Å². The molecule has 0 aromatic heterocycles. The van der Waals surface area contributed by atoms with Crippen LogP contribution in [0, 0.1) is 5.92 Å². The van der Waals surface area contributed by atoms with Crippen molar-refractivity contribution in [2.75, 3.05) is 6.61 Å². The highest BCUT2D eigenvalue weighted by Crippen LogP contribution is 2.27. The van der Waals surface area contributed by atoms with Crippen molar-refractivity contribution >= 4 is 40.7 Å². The molecule has 3 N–H and O–H groups in total. The maximum atomic E-state index is 11.9. The van der Waals surface area contributed by atoms with Gasteiger partial charge < -0.3 is 10.1 Å². The van der Waals surface area contributed by atoms with Gasteiger partial charge in [-0.3, -0.25) is 20.4 Å². The van der Waals surface area contributed by atoms with Gasteiger partial charge in [0.2, 0.25) is 5.91 Å². The van der Waals surface area contributed by atoms with E-state index in [4.69, 9.17) is 28.6 Å². The number of ether oxygens (including phenoxy) is 1. The van der Waals surface area contributed by atoms with Gasteiger partial charge in [-0.05, 0) is 48.8 Å². The van der Waals surface area contributed by atoms with Crippen LogP contribution < -0.4 is 20.9 Å². The third-order valence-electron chi connectivity index (χ3n) is 4.26. The van der Waals surface area contributed by atoms with Gasteiger partial charge in [-0.2, -0.15) is 0 Å². The Labute approximate surface area is 164 Å². The minimum absolute atomic E-state index is 0.0680. The molecule has 1 aromatic carbocycles. The summed E-state index contributed by atoms with van der Waals surface area (Å²) in [6.45, 7) is -0.188. The van der Waals surface area contributed by atoms with Gasteiger partial charge in [0, 0.05) is 11.4 Å². The Morgan fingerprint density at radius 2 is 1.77 bits per heavy atom. The van der Waals surface area contributed by atoms with Gasteiger partial charge in [0.15, 0.2) is 11.7 Å². The van der Waals surface area contributed by atoms with Crippen molar-refractivity contribution < 1.29 is 14.3 Å². The standard InChI is InChI=1S/C18H24ClN3O3S/c19-14-7-9-15(10-8-14)25-12-17(24)21-22-18(26)20-16(23)11-6-13-4-2-1-3-5-13/h7-10,13H,1-6,11-12H2,(H,21,24)(H2,20,22,23,26). The quantitative estimate of drug-likeness (QED) is 0.507. The summed E-state index contributed by atoms with van der Waals surface area (Å²) < 4.78 is 5.30. The molecule has 0 saturated heterocycles. The van der Waals surface area contributed by atoms with Gasteiger partial charge in [0.05, 0.1) is 0 Å². The lowest BCUT2D eigenvalue weighted by Crippen LogP contribution is -2.49. The minimum Gasteiger partial charge on any atom is -0.484 e. The van der Waals surface area contributed by atoms with Crippen molar-refractivity contribution in [3.63, 3.8) is 0 Å². The number of carbonyl (C=O) groups excluding carboxylic acids is 2. The molecule has 1 aromatic rings. The number of amides is 2. The van der Waals surface area contributed by atoms with Crippen LogP contribution in [0.3, 0.4) is 0 Å². The Morgan fingerprint density at radius 1 is 1.08 bits per heavy atom. The number of hydrazine groups is 1. The molecule has 0 aliphatic heterocycles. The van der Waals surface area contributed by atoms with E-state index in [0.29, 0.717) is 23.1 Å². The average Bonchev–Trinajstić information content (AvgIpc) is 2.65. The van der Waals surface area contributed by atoms with Crippen LogP contribution in [-0.2, 0) is 9.59 Å². The molecule has 0 bridgehead atoms. The molecule has 26 heavy (non-hydrogen) atoms. The van der Waals surface area contributed by atoms with Crippen LogP contribution in [0.2, 0.25) is 5.02 Å². The normalized spacial score (nSPS) is 14.3. The molecule has 0 unspecified atom stereocenters. The first kappa shape index (κ1) is 20.5. The molecule has 6 nitrogen and oxygen atoms in total. The molecule has 2 amide bonds. The number of carbonyl (C=O) groups is 2. The van der Waals surface area contributed by atoms with Crippen molar-refractivity contribution in [2.45, 2.75) is 44.9 Å². The van der Waals surface area contributed by atoms with Gasteiger partial charge in [0.25, 0.3) is 5.91 Å². The Balaban J connectivity index is 1.57. The highest BCUT2D eigenvalue weighted by atomic mass is 35.5. The number of halogens is 1. The molecule has 8 heteroatoms. The zero-order chi connectivity index (χ0) is 18.8. The molecule has 1 saturated carbocycles. The molecule has 0 spiro atoms. The number of nitrogens with one attached hydrogen (secondary N) is 3. The number of rotatable bonds is 6. The summed E-state index contributed by atoms with van der Waals surface area (Å²) in [4.78, 5) is 23.6. The van der Waals surface area contributed by atoms with Crippen molar-refractivity contribution in [2.24, 2.45) is 5.92 Å². The maximum Gasteiger partial charge on any atom is 0.276 e. The number of hydrogen-bond donors (Lipinski definition) is 3. The Hall–Kier alpha value is -1.86. The highest BCUT2D eigenvalue weighted by molar-refractivity contribution is 7.80. The van der Waals surface area contributed by atoms with Gasteiger partial charge in [-0.15, -0.1) is 0 Å². The maximum absolute atomic E-state index is 11.9. The van der Waals surface area contributed by atoms with E-state index in [-0.39, 0.29) is 17.6 Å². The summed E-state index contributed by atoms with van der Waals surface area (Å²) in [7, 11) is 0. The monoisotopic (exact) mass is 397 g/mol. The van der Waals surface area contributed by atoms with Crippen LogP contribution in [-0.4, -0.2) is 23.5 Å². The molecule has 1 fully saturated rings. The van der Waals surface area contributed by atoms with Crippen molar-refractivity contribution in [1.29, 1.82) is 0 Å². The fraction of sp³-hybridized carbons (Fsp3) is 0.500. The zero-order valence-corrected chi connectivity index (χ0v) is 16.1. The van der Waals surface area contributed by atoms with Crippen LogP contribution >= 0.6 is 23.8 Å². The third kappa shape index (κ3) is 8.01. The molecule has 2 rings (SSSR count). The van der Waals surface area contributed by atoms with E-state index in [1.165, 1.54) is 32.1 Å². The molecular formula is C18H24ClN3O3S. The van der Waals surface area contributed by atoms with Gasteiger partial charge in [0.1, 0.15) is 5.75 Å². The lowest BCUT2D eigenvalue weighted by Gasteiger charge is -2.21. The molecule has 1 aliphatic rings. The van der Waals surface area contributed by atoms with E-state index in [2.05, 4.69) is 16.2 Å². The van der Waals surface area contributed by atoms with E-state index in [1.807, 2.05) is 0 Å². The number of benzene rings is 1. The SMILES string of the molecule is O=C(COc1ccc(Cl)cc1)NNC(=S)NC(=O)CCC1CCCCC1.